The van der Waals surface area contributed by atoms with Gasteiger partial charge in [0, 0.05) is 30.4 Å². The maximum absolute atomic E-state index is 13.7. The van der Waals surface area contributed by atoms with Crippen molar-refractivity contribution in [3.8, 4) is 23.6 Å². The van der Waals surface area contributed by atoms with Gasteiger partial charge in [-0.15, -0.1) is 6.42 Å². The molecule has 0 saturated carbocycles. The summed E-state index contributed by atoms with van der Waals surface area (Å²) in [6.07, 6.45) is 5.54. The first-order valence-electron chi connectivity index (χ1n) is 10.3. The molecule has 0 saturated heterocycles. The standard InChI is InChI=1S/C25H19ClN4O3/c1-4-13-30-17-8-6-5-7-16(17)18(24(30)32)19-20-22(28(2)25(33)29(3)23(20)31)27-21(19)14-9-11-15(26)12-10-14/h1,5-12,18,27H,13H2,2-3H3. The number of hydrogen-bond donors (Lipinski definition) is 1. The molecule has 0 fully saturated rings. The van der Waals surface area contributed by atoms with Crippen molar-refractivity contribution in [1.29, 1.82) is 0 Å². The van der Waals surface area contributed by atoms with Crippen LogP contribution in [0.4, 0.5) is 5.69 Å². The molecule has 1 unspecified atom stereocenters. The number of rotatable bonds is 3. The van der Waals surface area contributed by atoms with E-state index in [9.17, 15) is 14.4 Å². The van der Waals surface area contributed by atoms with Gasteiger partial charge in [0.25, 0.3) is 5.56 Å². The van der Waals surface area contributed by atoms with Gasteiger partial charge in [0.1, 0.15) is 5.65 Å². The van der Waals surface area contributed by atoms with Crippen molar-refractivity contribution >= 4 is 34.2 Å². The topological polar surface area (TPSA) is 80.1 Å². The third-order valence-corrected chi connectivity index (χ3v) is 6.42. The number of aryl methyl sites for hydroxylation is 1. The highest BCUT2D eigenvalue weighted by Gasteiger charge is 2.41. The monoisotopic (exact) mass is 458 g/mol. The molecule has 2 aromatic heterocycles. The van der Waals surface area contributed by atoms with E-state index >= 15 is 0 Å². The second-order valence-corrected chi connectivity index (χ2v) is 8.41. The van der Waals surface area contributed by atoms with Gasteiger partial charge in [0.15, 0.2) is 0 Å². The fourth-order valence-electron chi connectivity index (χ4n) is 4.60. The average molecular weight is 459 g/mol. The maximum Gasteiger partial charge on any atom is 0.332 e. The molecule has 8 heteroatoms. The van der Waals surface area contributed by atoms with Gasteiger partial charge in [-0.3, -0.25) is 23.6 Å². The minimum Gasteiger partial charge on any atom is -0.340 e. The minimum absolute atomic E-state index is 0.113. The third-order valence-electron chi connectivity index (χ3n) is 6.17. The number of halogens is 1. The van der Waals surface area contributed by atoms with Crippen molar-refractivity contribution in [3.63, 3.8) is 0 Å². The van der Waals surface area contributed by atoms with Crippen LogP contribution < -0.4 is 16.1 Å². The summed E-state index contributed by atoms with van der Waals surface area (Å²) < 4.78 is 2.43. The van der Waals surface area contributed by atoms with Crippen LogP contribution in [0.1, 0.15) is 17.0 Å². The van der Waals surface area contributed by atoms with E-state index in [1.807, 2.05) is 36.4 Å². The molecular formula is C25H19ClN4O3. The fourth-order valence-corrected chi connectivity index (χ4v) is 4.72. The molecule has 1 N–H and O–H groups in total. The Balaban J connectivity index is 1.92. The summed E-state index contributed by atoms with van der Waals surface area (Å²) in [5, 5.41) is 0.850. The second-order valence-electron chi connectivity index (χ2n) is 7.97. The van der Waals surface area contributed by atoms with E-state index < -0.39 is 17.2 Å². The van der Waals surface area contributed by atoms with E-state index in [2.05, 4.69) is 10.9 Å². The van der Waals surface area contributed by atoms with Gasteiger partial charge in [-0.2, -0.15) is 0 Å². The molecule has 1 amide bonds. The predicted molar refractivity (Wildman–Crippen MR) is 129 cm³/mol. The highest BCUT2D eigenvalue weighted by atomic mass is 35.5. The molecule has 164 valence electrons. The molecule has 1 aliphatic rings. The summed E-state index contributed by atoms with van der Waals surface area (Å²) >= 11 is 6.09. The number of anilines is 1. The zero-order valence-corrected chi connectivity index (χ0v) is 18.7. The first-order valence-corrected chi connectivity index (χ1v) is 10.6. The zero-order chi connectivity index (χ0) is 23.4. The quantitative estimate of drug-likeness (QED) is 0.479. The molecule has 33 heavy (non-hydrogen) atoms. The van der Waals surface area contributed by atoms with Crippen LogP contribution in [-0.4, -0.2) is 26.6 Å². The highest BCUT2D eigenvalue weighted by molar-refractivity contribution is 6.30. The number of fused-ring (bicyclic) bond motifs is 2. The van der Waals surface area contributed by atoms with Crippen LogP contribution in [0, 0.1) is 12.3 Å². The number of benzene rings is 2. The highest BCUT2D eigenvalue weighted by Crippen LogP contribution is 2.45. The molecule has 5 rings (SSSR count). The number of carbonyl (C=O) groups excluding carboxylic acids is 1. The summed E-state index contributed by atoms with van der Waals surface area (Å²) in [4.78, 5) is 44.5. The smallest absolute Gasteiger partial charge is 0.332 e. The number of nitrogens with zero attached hydrogens (tertiary/aromatic N) is 3. The van der Waals surface area contributed by atoms with Gasteiger partial charge in [-0.05, 0) is 29.3 Å². The second kappa shape index (κ2) is 7.54. The summed E-state index contributed by atoms with van der Waals surface area (Å²) in [6.45, 7) is 0.113. The van der Waals surface area contributed by atoms with Crippen molar-refractivity contribution in [2.45, 2.75) is 5.92 Å². The Morgan fingerprint density at radius 2 is 1.73 bits per heavy atom. The lowest BCUT2D eigenvalue weighted by molar-refractivity contribution is -0.118. The minimum atomic E-state index is -0.765. The molecule has 7 nitrogen and oxygen atoms in total. The number of aromatic nitrogens is 3. The van der Waals surface area contributed by atoms with E-state index in [4.69, 9.17) is 18.0 Å². The third kappa shape index (κ3) is 2.95. The molecule has 1 atom stereocenters. The van der Waals surface area contributed by atoms with Crippen LogP contribution in [0.2, 0.25) is 5.02 Å². The van der Waals surface area contributed by atoms with E-state index in [1.54, 1.807) is 24.1 Å². The first kappa shape index (κ1) is 20.9. The number of carbonyl (C=O) groups is 1. The molecule has 0 radical (unpaired) electrons. The Morgan fingerprint density at radius 3 is 2.42 bits per heavy atom. The molecule has 2 aromatic carbocycles. The van der Waals surface area contributed by atoms with Crippen molar-refractivity contribution in [3.05, 3.63) is 85.5 Å². The average Bonchev–Trinajstić information content (AvgIpc) is 3.33. The van der Waals surface area contributed by atoms with Crippen molar-refractivity contribution in [1.82, 2.24) is 14.1 Å². The van der Waals surface area contributed by atoms with Gasteiger partial charge in [-0.25, -0.2) is 4.79 Å². The Hall–Kier alpha value is -4.02. The number of amides is 1. The molecule has 4 aromatic rings. The summed E-state index contributed by atoms with van der Waals surface area (Å²) in [6, 6.07) is 14.5. The Kier molecular flexibility index (Phi) is 4.76. The van der Waals surface area contributed by atoms with Crippen LogP contribution in [0.25, 0.3) is 22.3 Å². The molecule has 0 aliphatic carbocycles. The normalized spacial score (nSPS) is 15.2. The van der Waals surface area contributed by atoms with Gasteiger partial charge in [0.2, 0.25) is 5.91 Å². The van der Waals surface area contributed by atoms with E-state index in [0.29, 0.717) is 33.0 Å². The lowest BCUT2D eigenvalue weighted by atomic mass is 9.89. The predicted octanol–water partition coefficient (Wildman–Crippen LogP) is 3.00. The van der Waals surface area contributed by atoms with Crippen LogP contribution in [0.3, 0.4) is 0 Å². The summed E-state index contributed by atoms with van der Waals surface area (Å²) in [7, 11) is 3.02. The van der Waals surface area contributed by atoms with Crippen molar-refractivity contribution in [2.24, 2.45) is 14.1 Å². The number of para-hydroxylation sites is 1. The van der Waals surface area contributed by atoms with Gasteiger partial charge in [0.05, 0.1) is 23.5 Å². The first-order chi connectivity index (χ1) is 15.8. The maximum atomic E-state index is 13.7. The van der Waals surface area contributed by atoms with Crippen LogP contribution >= 0.6 is 11.6 Å². The van der Waals surface area contributed by atoms with Crippen molar-refractivity contribution in [2.75, 3.05) is 11.4 Å². The molecule has 0 spiro atoms. The molecular weight excluding hydrogens is 440 g/mol. The van der Waals surface area contributed by atoms with Gasteiger partial charge in [-0.1, -0.05) is 47.9 Å². The van der Waals surface area contributed by atoms with Gasteiger partial charge >= 0.3 is 5.69 Å². The summed E-state index contributed by atoms with van der Waals surface area (Å²) in [5.41, 5.74) is 2.71. The lowest BCUT2D eigenvalue weighted by Crippen LogP contribution is -2.37. The van der Waals surface area contributed by atoms with Crippen LogP contribution in [0.15, 0.2) is 58.1 Å². The summed E-state index contributed by atoms with van der Waals surface area (Å²) in [5.74, 6) is 1.56. The van der Waals surface area contributed by atoms with Crippen LogP contribution in [-0.2, 0) is 18.9 Å². The lowest BCUT2D eigenvalue weighted by Gasteiger charge is -2.15. The zero-order valence-electron chi connectivity index (χ0n) is 17.9. The number of aromatic amines is 1. The Morgan fingerprint density at radius 1 is 1.03 bits per heavy atom. The number of terminal acetylenes is 1. The van der Waals surface area contributed by atoms with E-state index in [1.165, 1.54) is 11.6 Å². The van der Waals surface area contributed by atoms with Gasteiger partial charge < -0.3 is 4.98 Å². The molecule has 3 heterocycles. The SMILES string of the molecule is C#CCN1C(=O)C(c2c(-c3ccc(Cl)cc3)[nH]c3c2c(=O)n(C)c(=O)n3C)c2ccccc21. The number of nitrogens with one attached hydrogen (secondary N) is 1. The van der Waals surface area contributed by atoms with E-state index in [0.717, 1.165) is 15.7 Å². The Labute approximate surface area is 193 Å². The fraction of sp³-hybridized carbons (Fsp3) is 0.160. The van der Waals surface area contributed by atoms with E-state index in [-0.39, 0.29) is 12.5 Å². The largest absolute Gasteiger partial charge is 0.340 e. The molecule has 1 aliphatic heterocycles. The number of hydrogen-bond acceptors (Lipinski definition) is 3. The Bertz CT molecular complexity index is 1600. The number of H-pyrrole nitrogens is 1. The molecule has 0 bridgehead atoms. The van der Waals surface area contributed by atoms with Crippen LogP contribution in [0.5, 0.6) is 0 Å². The van der Waals surface area contributed by atoms with Crippen molar-refractivity contribution < 1.29 is 4.79 Å².